The number of aryl methyl sites for hydroxylation is 1. The zero-order valence-corrected chi connectivity index (χ0v) is 10.9. The van der Waals surface area contributed by atoms with Gasteiger partial charge in [0.1, 0.15) is 5.82 Å². The molecule has 106 valence electrons. The first kappa shape index (κ1) is 14.0. The molecule has 0 aliphatic carbocycles. The maximum atomic E-state index is 13.6. The Morgan fingerprint density at radius 2 is 2.20 bits per heavy atom. The summed E-state index contributed by atoms with van der Waals surface area (Å²) in [6.45, 7) is 0.292. The number of nitrogen functional groups attached to an aromatic ring is 1. The Bertz CT molecular complexity index is 639. The zero-order valence-electron chi connectivity index (χ0n) is 10.9. The lowest BCUT2D eigenvalue weighted by Gasteiger charge is -2.07. The van der Waals surface area contributed by atoms with Crippen molar-refractivity contribution < 1.29 is 13.6 Å². The summed E-state index contributed by atoms with van der Waals surface area (Å²) in [5.74, 6) is -2.36. The molecule has 1 aromatic heterocycles. The molecule has 1 heterocycles. The molecule has 0 unspecified atom stereocenters. The molecule has 0 atom stereocenters. The number of hydrogen-bond acceptors (Lipinski definition) is 3. The maximum Gasteiger partial charge on any atom is 0.254 e. The Morgan fingerprint density at radius 3 is 2.85 bits per heavy atom. The van der Waals surface area contributed by atoms with Crippen LogP contribution >= 0.6 is 0 Å². The van der Waals surface area contributed by atoms with Crippen LogP contribution in [0.25, 0.3) is 0 Å². The SMILES string of the molecule is Cn1cc(CCNC(=O)c2cc(F)cc(N)c2F)cn1. The smallest absolute Gasteiger partial charge is 0.254 e. The van der Waals surface area contributed by atoms with E-state index in [4.69, 9.17) is 5.73 Å². The molecule has 0 saturated carbocycles. The van der Waals surface area contributed by atoms with Gasteiger partial charge in [0.15, 0.2) is 5.82 Å². The van der Waals surface area contributed by atoms with Crippen LogP contribution in [-0.4, -0.2) is 22.2 Å². The summed E-state index contributed by atoms with van der Waals surface area (Å²) in [4.78, 5) is 11.8. The van der Waals surface area contributed by atoms with Crippen LogP contribution in [0.3, 0.4) is 0 Å². The van der Waals surface area contributed by atoms with Crippen LogP contribution in [0, 0.1) is 11.6 Å². The summed E-state index contributed by atoms with van der Waals surface area (Å²) < 4.78 is 28.4. The van der Waals surface area contributed by atoms with Crippen LogP contribution in [0.1, 0.15) is 15.9 Å². The van der Waals surface area contributed by atoms with Gasteiger partial charge < -0.3 is 11.1 Å². The van der Waals surface area contributed by atoms with Gasteiger partial charge >= 0.3 is 0 Å². The predicted octanol–water partition coefficient (Wildman–Crippen LogP) is 1.25. The van der Waals surface area contributed by atoms with E-state index in [1.54, 1.807) is 17.9 Å². The molecule has 1 aromatic carbocycles. The second-order valence-corrected chi connectivity index (χ2v) is 4.38. The second kappa shape index (κ2) is 5.68. The Morgan fingerprint density at radius 1 is 1.45 bits per heavy atom. The molecular formula is C13H14F2N4O. The van der Waals surface area contributed by atoms with Crippen molar-refractivity contribution in [3.05, 3.63) is 47.3 Å². The third-order valence-corrected chi connectivity index (χ3v) is 2.77. The molecule has 0 fully saturated rings. The summed E-state index contributed by atoms with van der Waals surface area (Å²) in [6, 6.07) is 1.66. The first-order valence-corrected chi connectivity index (χ1v) is 5.97. The van der Waals surface area contributed by atoms with E-state index in [0.717, 1.165) is 17.7 Å². The number of hydrogen-bond donors (Lipinski definition) is 2. The van der Waals surface area contributed by atoms with Crippen molar-refractivity contribution >= 4 is 11.6 Å². The minimum absolute atomic E-state index is 0.292. The van der Waals surface area contributed by atoms with Crippen LogP contribution in [0.15, 0.2) is 24.5 Å². The molecule has 0 aliphatic rings. The monoisotopic (exact) mass is 280 g/mol. The van der Waals surface area contributed by atoms with Gasteiger partial charge in [-0.15, -0.1) is 0 Å². The average Bonchev–Trinajstić information content (AvgIpc) is 2.79. The van der Waals surface area contributed by atoms with E-state index in [2.05, 4.69) is 10.4 Å². The minimum Gasteiger partial charge on any atom is -0.396 e. The number of anilines is 1. The summed E-state index contributed by atoms with van der Waals surface area (Å²) in [5.41, 5.74) is 5.43. The molecule has 3 N–H and O–H groups in total. The Balaban J connectivity index is 1.98. The van der Waals surface area contributed by atoms with Crippen molar-refractivity contribution in [3.8, 4) is 0 Å². The van der Waals surface area contributed by atoms with Gasteiger partial charge in [0.25, 0.3) is 5.91 Å². The van der Waals surface area contributed by atoms with E-state index in [1.165, 1.54) is 0 Å². The third-order valence-electron chi connectivity index (χ3n) is 2.77. The average molecular weight is 280 g/mol. The summed E-state index contributed by atoms with van der Waals surface area (Å²) >= 11 is 0. The lowest BCUT2D eigenvalue weighted by atomic mass is 10.1. The molecule has 2 aromatic rings. The van der Waals surface area contributed by atoms with Gasteiger partial charge in [-0.1, -0.05) is 0 Å². The Hall–Kier alpha value is -2.44. The van der Waals surface area contributed by atoms with Gasteiger partial charge in [0.2, 0.25) is 0 Å². The number of aromatic nitrogens is 2. The van der Waals surface area contributed by atoms with Crippen LogP contribution < -0.4 is 11.1 Å². The van der Waals surface area contributed by atoms with Gasteiger partial charge in [0, 0.05) is 19.8 Å². The molecule has 7 heteroatoms. The van der Waals surface area contributed by atoms with E-state index in [-0.39, 0.29) is 5.69 Å². The molecule has 0 saturated heterocycles. The molecular weight excluding hydrogens is 266 g/mol. The Labute approximate surface area is 114 Å². The van der Waals surface area contributed by atoms with Gasteiger partial charge in [-0.05, 0) is 24.1 Å². The Kier molecular flexibility index (Phi) is 3.97. The van der Waals surface area contributed by atoms with Gasteiger partial charge in [-0.3, -0.25) is 9.48 Å². The fourth-order valence-corrected chi connectivity index (χ4v) is 1.79. The van der Waals surface area contributed by atoms with Crippen molar-refractivity contribution in [1.82, 2.24) is 15.1 Å². The normalized spacial score (nSPS) is 10.6. The number of nitrogens with one attached hydrogen (secondary N) is 1. The molecule has 5 nitrogen and oxygen atoms in total. The minimum atomic E-state index is -0.912. The topological polar surface area (TPSA) is 72.9 Å². The number of nitrogens with zero attached hydrogens (tertiary/aromatic N) is 2. The number of carbonyl (C=O) groups excluding carboxylic acids is 1. The number of amides is 1. The summed E-state index contributed by atoms with van der Waals surface area (Å²) in [6.07, 6.45) is 4.03. The molecule has 0 spiro atoms. The maximum absolute atomic E-state index is 13.6. The van der Waals surface area contributed by atoms with E-state index < -0.39 is 23.1 Å². The van der Waals surface area contributed by atoms with Crippen molar-refractivity contribution in [2.45, 2.75) is 6.42 Å². The van der Waals surface area contributed by atoms with Crippen LogP contribution in [-0.2, 0) is 13.5 Å². The fraction of sp³-hybridized carbons (Fsp3) is 0.231. The number of halogens is 2. The molecule has 20 heavy (non-hydrogen) atoms. The highest BCUT2D eigenvalue weighted by Gasteiger charge is 2.15. The lowest BCUT2D eigenvalue weighted by Crippen LogP contribution is -2.27. The van der Waals surface area contributed by atoms with Crippen molar-refractivity contribution in [2.24, 2.45) is 7.05 Å². The van der Waals surface area contributed by atoms with Gasteiger partial charge in [-0.25, -0.2) is 8.78 Å². The highest BCUT2D eigenvalue weighted by molar-refractivity contribution is 5.95. The van der Waals surface area contributed by atoms with E-state index in [1.807, 2.05) is 6.20 Å². The highest BCUT2D eigenvalue weighted by atomic mass is 19.1. The molecule has 0 radical (unpaired) electrons. The van der Waals surface area contributed by atoms with E-state index in [9.17, 15) is 13.6 Å². The van der Waals surface area contributed by atoms with Crippen LogP contribution in [0.4, 0.5) is 14.5 Å². The number of benzene rings is 1. The van der Waals surface area contributed by atoms with Crippen molar-refractivity contribution in [3.63, 3.8) is 0 Å². The second-order valence-electron chi connectivity index (χ2n) is 4.38. The zero-order chi connectivity index (χ0) is 14.7. The van der Waals surface area contributed by atoms with Crippen molar-refractivity contribution in [2.75, 3.05) is 12.3 Å². The molecule has 1 amide bonds. The summed E-state index contributed by atoms with van der Waals surface area (Å²) in [7, 11) is 1.78. The fourth-order valence-electron chi connectivity index (χ4n) is 1.79. The van der Waals surface area contributed by atoms with Gasteiger partial charge in [0.05, 0.1) is 17.4 Å². The van der Waals surface area contributed by atoms with E-state index in [0.29, 0.717) is 13.0 Å². The number of nitrogens with two attached hydrogens (primary N) is 1. The standard InChI is InChI=1S/C13H14F2N4O/c1-19-7-8(6-18-19)2-3-17-13(20)10-4-9(14)5-11(16)12(10)15/h4-7H,2-3,16H2,1H3,(H,17,20). The first-order chi connectivity index (χ1) is 9.47. The number of rotatable bonds is 4. The van der Waals surface area contributed by atoms with Gasteiger partial charge in [-0.2, -0.15) is 5.10 Å². The molecule has 0 bridgehead atoms. The third kappa shape index (κ3) is 3.11. The first-order valence-electron chi connectivity index (χ1n) is 5.97. The van der Waals surface area contributed by atoms with Crippen LogP contribution in [0.5, 0.6) is 0 Å². The number of carbonyl (C=O) groups is 1. The summed E-state index contributed by atoms with van der Waals surface area (Å²) in [5, 5.41) is 6.50. The predicted molar refractivity (Wildman–Crippen MR) is 70.0 cm³/mol. The van der Waals surface area contributed by atoms with Crippen molar-refractivity contribution in [1.29, 1.82) is 0 Å². The van der Waals surface area contributed by atoms with Crippen LogP contribution in [0.2, 0.25) is 0 Å². The largest absolute Gasteiger partial charge is 0.396 e. The highest BCUT2D eigenvalue weighted by Crippen LogP contribution is 2.17. The lowest BCUT2D eigenvalue weighted by molar-refractivity contribution is 0.0949. The molecule has 2 rings (SSSR count). The quantitative estimate of drug-likeness (QED) is 0.828. The van der Waals surface area contributed by atoms with E-state index >= 15 is 0 Å². The molecule has 0 aliphatic heterocycles.